The summed E-state index contributed by atoms with van der Waals surface area (Å²) >= 11 is 1.67. The van der Waals surface area contributed by atoms with Gasteiger partial charge in [0.15, 0.2) is 0 Å². The van der Waals surface area contributed by atoms with Crippen molar-refractivity contribution in [2.45, 2.75) is 64.7 Å². The highest BCUT2D eigenvalue weighted by atomic mass is 32.1. The largest absolute Gasteiger partial charge is 0.507 e. The van der Waals surface area contributed by atoms with Crippen molar-refractivity contribution in [3.8, 4) is 22.6 Å². The molecule has 1 N–H and O–H groups in total. The van der Waals surface area contributed by atoms with Crippen LogP contribution in [0.25, 0.3) is 11.1 Å². The molecule has 0 radical (unpaired) electrons. The van der Waals surface area contributed by atoms with Crippen molar-refractivity contribution in [3.63, 3.8) is 0 Å². The van der Waals surface area contributed by atoms with E-state index in [1.807, 2.05) is 0 Å². The van der Waals surface area contributed by atoms with E-state index in [9.17, 15) is 5.11 Å². The smallest absolute Gasteiger partial charge is 0.134 e. The molecule has 0 fully saturated rings. The van der Waals surface area contributed by atoms with Gasteiger partial charge in [0.25, 0.3) is 0 Å². The Bertz CT molecular complexity index is 802. The van der Waals surface area contributed by atoms with Crippen molar-refractivity contribution in [1.29, 1.82) is 0 Å². The highest BCUT2D eigenvalue weighted by molar-refractivity contribution is 7.08. The Morgan fingerprint density at radius 2 is 2.22 bits per heavy atom. The third-order valence-electron chi connectivity index (χ3n) is 5.40. The van der Waals surface area contributed by atoms with Gasteiger partial charge in [0.2, 0.25) is 0 Å². The van der Waals surface area contributed by atoms with Crippen molar-refractivity contribution in [2.24, 2.45) is 0 Å². The third kappa shape index (κ3) is 4.47. The molecule has 0 spiro atoms. The lowest BCUT2D eigenvalue weighted by molar-refractivity contribution is 0.434. The van der Waals surface area contributed by atoms with Gasteiger partial charge >= 0.3 is 0 Å². The number of phenolic OH excluding ortho intramolecular Hbond substituents is 1. The second-order valence-corrected chi connectivity index (χ2v) is 8.22. The van der Waals surface area contributed by atoms with Crippen molar-refractivity contribution in [2.75, 3.05) is 0 Å². The van der Waals surface area contributed by atoms with E-state index in [0.29, 0.717) is 5.75 Å². The van der Waals surface area contributed by atoms with Crippen LogP contribution in [0.15, 0.2) is 47.4 Å². The number of rotatable bonds is 8. The Morgan fingerprint density at radius 1 is 1.37 bits per heavy atom. The third-order valence-corrected chi connectivity index (χ3v) is 6.08. The van der Waals surface area contributed by atoms with E-state index in [4.69, 9.17) is 4.74 Å². The summed E-state index contributed by atoms with van der Waals surface area (Å²) in [6.45, 7) is 8.14. The van der Waals surface area contributed by atoms with Crippen LogP contribution in [-0.4, -0.2) is 5.11 Å². The number of benzene rings is 1. The first-order valence-corrected chi connectivity index (χ1v) is 11.0. The van der Waals surface area contributed by atoms with Crippen LogP contribution in [0.1, 0.15) is 69.4 Å². The maximum absolute atomic E-state index is 11.4. The predicted octanol–water partition coefficient (Wildman–Crippen LogP) is 7.59. The molecule has 27 heavy (non-hydrogen) atoms. The summed E-state index contributed by atoms with van der Waals surface area (Å²) in [5.74, 6) is 1.33. The van der Waals surface area contributed by atoms with Crippen LogP contribution in [0.4, 0.5) is 0 Å². The number of unbranched alkanes of at least 4 members (excludes halogenated alkanes) is 2. The quantitative estimate of drug-likeness (QED) is 0.289. The molecule has 3 heteroatoms. The molecule has 2 nitrogen and oxygen atoms in total. The molecule has 1 atom stereocenters. The van der Waals surface area contributed by atoms with Crippen molar-refractivity contribution in [3.05, 3.63) is 58.5 Å². The van der Waals surface area contributed by atoms with Gasteiger partial charge in [-0.25, -0.2) is 0 Å². The van der Waals surface area contributed by atoms with Gasteiger partial charge in [-0.05, 0) is 73.0 Å². The molecule has 0 aliphatic heterocycles. The number of allylic oxidation sites excluding steroid dienone is 2. The van der Waals surface area contributed by atoms with E-state index < -0.39 is 0 Å². The van der Waals surface area contributed by atoms with Gasteiger partial charge in [-0.2, -0.15) is 11.3 Å². The second kappa shape index (κ2) is 9.27. The van der Waals surface area contributed by atoms with E-state index in [1.54, 1.807) is 11.3 Å². The summed E-state index contributed by atoms with van der Waals surface area (Å²) in [5.41, 5.74) is 5.55. The number of hydrogen-bond donors (Lipinski definition) is 1. The molecular formula is C24H30O2S. The van der Waals surface area contributed by atoms with Crippen LogP contribution in [0, 0.1) is 0 Å². The Hall–Kier alpha value is -2.00. The molecule has 2 aromatic rings. The zero-order valence-electron chi connectivity index (χ0n) is 16.5. The van der Waals surface area contributed by atoms with Crippen molar-refractivity contribution in [1.82, 2.24) is 0 Å². The van der Waals surface area contributed by atoms with E-state index >= 15 is 0 Å². The second-order valence-electron chi connectivity index (χ2n) is 7.44. The van der Waals surface area contributed by atoms with Gasteiger partial charge in [-0.15, -0.1) is 0 Å². The van der Waals surface area contributed by atoms with E-state index in [1.165, 1.54) is 24.7 Å². The van der Waals surface area contributed by atoms with Crippen molar-refractivity contribution < 1.29 is 9.84 Å². The molecule has 1 aliphatic rings. The highest BCUT2D eigenvalue weighted by Gasteiger charge is 2.26. The lowest BCUT2D eigenvalue weighted by Crippen LogP contribution is -2.06. The van der Waals surface area contributed by atoms with Gasteiger partial charge in [0.05, 0.1) is 6.26 Å². The Balaban J connectivity index is 2.15. The highest BCUT2D eigenvalue weighted by Crippen LogP contribution is 2.48. The summed E-state index contributed by atoms with van der Waals surface area (Å²) in [6, 6.07) is 4.24. The minimum atomic E-state index is 0.191. The SMILES string of the molecule is C=COc1cc(CCCCC)c(-c2ccsc2)c(O)c1[C@@H]1C=C(C)CCC1. The minimum Gasteiger partial charge on any atom is -0.507 e. The number of aromatic hydroxyl groups is 1. The fraction of sp³-hybridized carbons (Fsp3) is 0.417. The summed E-state index contributed by atoms with van der Waals surface area (Å²) in [4.78, 5) is 0. The number of phenols is 1. The average Bonchev–Trinajstić information content (AvgIpc) is 3.16. The molecule has 1 aliphatic carbocycles. The van der Waals surface area contributed by atoms with Crippen LogP contribution in [0.2, 0.25) is 0 Å². The first-order chi connectivity index (χ1) is 13.2. The fourth-order valence-electron chi connectivity index (χ4n) is 4.09. The molecule has 0 unspecified atom stereocenters. The van der Waals surface area contributed by atoms with E-state index in [-0.39, 0.29) is 5.92 Å². The lowest BCUT2D eigenvalue weighted by atomic mass is 9.82. The van der Waals surface area contributed by atoms with Gasteiger partial charge in [0.1, 0.15) is 11.5 Å². The average molecular weight is 383 g/mol. The van der Waals surface area contributed by atoms with Crippen LogP contribution in [-0.2, 0) is 6.42 Å². The first kappa shape index (κ1) is 19.8. The first-order valence-electron chi connectivity index (χ1n) is 10.0. The normalized spacial score (nSPS) is 16.8. The van der Waals surface area contributed by atoms with Gasteiger partial charge in [-0.1, -0.05) is 38.0 Å². The van der Waals surface area contributed by atoms with Crippen LogP contribution in [0.5, 0.6) is 11.5 Å². The van der Waals surface area contributed by atoms with Crippen LogP contribution < -0.4 is 4.74 Å². The summed E-state index contributed by atoms with van der Waals surface area (Å²) in [7, 11) is 0. The Kier molecular flexibility index (Phi) is 6.78. The molecular weight excluding hydrogens is 352 g/mol. The molecule has 0 amide bonds. The number of hydrogen-bond acceptors (Lipinski definition) is 3. The van der Waals surface area contributed by atoms with E-state index in [0.717, 1.165) is 60.1 Å². The topological polar surface area (TPSA) is 29.5 Å². The van der Waals surface area contributed by atoms with Gasteiger partial charge in [0, 0.05) is 17.0 Å². The Labute approximate surface area is 167 Å². The lowest BCUT2D eigenvalue weighted by Gasteiger charge is -2.25. The molecule has 0 saturated heterocycles. The zero-order valence-corrected chi connectivity index (χ0v) is 17.3. The van der Waals surface area contributed by atoms with E-state index in [2.05, 4.69) is 49.4 Å². The summed E-state index contributed by atoms with van der Waals surface area (Å²) in [6.07, 6.45) is 11.5. The number of thiophene rings is 1. The van der Waals surface area contributed by atoms with Gasteiger partial charge < -0.3 is 9.84 Å². The summed E-state index contributed by atoms with van der Waals surface area (Å²) in [5, 5.41) is 15.6. The maximum Gasteiger partial charge on any atom is 0.134 e. The van der Waals surface area contributed by atoms with Crippen LogP contribution >= 0.6 is 11.3 Å². The molecule has 1 aromatic carbocycles. The molecule has 3 rings (SSSR count). The maximum atomic E-state index is 11.4. The molecule has 1 aromatic heterocycles. The number of aryl methyl sites for hydroxylation is 1. The zero-order chi connectivity index (χ0) is 19.2. The standard InChI is InChI=1S/C24H30O2S/c1-4-6-7-10-19-15-21(26-5-2)23(18-11-8-9-17(3)14-18)24(25)22(19)20-12-13-27-16-20/h5,12-16,18,25H,2,4,6-11H2,1,3H3/t18-/m0/s1. The molecule has 144 valence electrons. The molecule has 0 saturated carbocycles. The van der Waals surface area contributed by atoms with Gasteiger partial charge in [-0.3, -0.25) is 0 Å². The van der Waals surface area contributed by atoms with Crippen molar-refractivity contribution >= 4 is 11.3 Å². The molecule has 0 bridgehead atoms. The fourth-order valence-corrected chi connectivity index (χ4v) is 4.73. The van der Waals surface area contributed by atoms with Crippen LogP contribution in [0.3, 0.4) is 0 Å². The molecule has 1 heterocycles. The minimum absolute atomic E-state index is 0.191. The predicted molar refractivity (Wildman–Crippen MR) is 116 cm³/mol. The number of ether oxygens (including phenoxy) is 1. The summed E-state index contributed by atoms with van der Waals surface area (Å²) < 4.78 is 5.80. The monoisotopic (exact) mass is 382 g/mol. The Morgan fingerprint density at radius 3 is 2.89 bits per heavy atom.